The van der Waals surface area contributed by atoms with Crippen molar-refractivity contribution in [3.8, 4) is 0 Å². The maximum absolute atomic E-state index is 12.8. The molecule has 2 aliphatic rings. The van der Waals surface area contributed by atoms with E-state index in [0.717, 1.165) is 4.90 Å². The smallest absolute Gasteiger partial charge is 0.262 e. The van der Waals surface area contributed by atoms with Crippen molar-refractivity contribution in [1.29, 1.82) is 0 Å². The maximum Gasteiger partial charge on any atom is 0.262 e. The second kappa shape index (κ2) is 7.43. The van der Waals surface area contributed by atoms with Gasteiger partial charge in [-0.1, -0.05) is 0 Å². The molecule has 0 saturated carbocycles. The van der Waals surface area contributed by atoms with Crippen LogP contribution in [0.5, 0.6) is 0 Å². The van der Waals surface area contributed by atoms with Crippen LogP contribution in [0.4, 0.5) is 5.69 Å². The van der Waals surface area contributed by atoms with Crippen LogP contribution in [0.25, 0.3) is 0 Å². The minimum absolute atomic E-state index is 0.0264. The number of primary amides is 1. The summed E-state index contributed by atoms with van der Waals surface area (Å²) in [6.07, 6.45) is 3.34. The van der Waals surface area contributed by atoms with Gasteiger partial charge in [0.2, 0.25) is 17.7 Å². The van der Waals surface area contributed by atoms with E-state index in [9.17, 15) is 24.0 Å². The van der Waals surface area contributed by atoms with Crippen LogP contribution in [-0.2, 0) is 27.5 Å². The van der Waals surface area contributed by atoms with E-state index in [0.29, 0.717) is 17.9 Å². The molecule has 2 aliphatic heterocycles. The van der Waals surface area contributed by atoms with E-state index < -0.39 is 35.6 Å². The summed E-state index contributed by atoms with van der Waals surface area (Å²) in [5, 5.41) is 5.27. The Balaban J connectivity index is 1.48. The van der Waals surface area contributed by atoms with Crippen LogP contribution in [0.2, 0.25) is 0 Å². The van der Waals surface area contributed by atoms with Gasteiger partial charge in [0.05, 0.1) is 29.7 Å². The van der Waals surface area contributed by atoms with Gasteiger partial charge < -0.3 is 15.6 Å². The number of anilines is 1. The third-order valence-electron chi connectivity index (χ3n) is 4.94. The summed E-state index contributed by atoms with van der Waals surface area (Å²) in [7, 11) is 0. The molecule has 11 nitrogen and oxygen atoms in total. The summed E-state index contributed by atoms with van der Waals surface area (Å²) in [4.78, 5) is 65.0. The van der Waals surface area contributed by atoms with Crippen LogP contribution >= 0.6 is 0 Å². The topological polar surface area (TPSA) is 156 Å². The molecule has 1 unspecified atom stereocenters. The summed E-state index contributed by atoms with van der Waals surface area (Å²) in [6, 6.07) is 3.72. The molecule has 11 heteroatoms. The molecular weight excluding hydrogens is 392 g/mol. The lowest BCUT2D eigenvalue weighted by Crippen LogP contribution is -2.54. The molecule has 1 fully saturated rings. The van der Waals surface area contributed by atoms with Gasteiger partial charge in [0.1, 0.15) is 12.6 Å². The minimum Gasteiger partial charge on any atom is -0.379 e. The number of aromatic nitrogens is 2. The van der Waals surface area contributed by atoms with Crippen molar-refractivity contribution in [2.75, 3.05) is 5.32 Å². The lowest BCUT2D eigenvalue weighted by atomic mass is 10.0. The molecule has 30 heavy (non-hydrogen) atoms. The van der Waals surface area contributed by atoms with Crippen molar-refractivity contribution in [3.05, 3.63) is 47.5 Å². The zero-order chi connectivity index (χ0) is 21.4. The monoisotopic (exact) mass is 410 g/mol. The van der Waals surface area contributed by atoms with Crippen molar-refractivity contribution in [1.82, 2.24) is 19.8 Å². The number of nitrogens with two attached hydrogens (primary N) is 1. The first-order chi connectivity index (χ1) is 14.3. The highest BCUT2D eigenvalue weighted by atomic mass is 16.2. The average molecular weight is 410 g/mol. The number of amides is 5. The van der Waals surface area contributed by atoms with Gasteiger partial charge in [0.25, 0.3) is 11.8 Å². The quantitative estimate of drug-likeness (QED) is 0.536. The fourth-order valence-electron chi connectivity index (χ4n) is 3.54. The SMILES string of the molecule is NC(=O)Cn1cnc(CNc2ccc3c(c2)C(=O)N(C2CCC(=O)NC2=O)C3=O)c1. The number of piperidine rings is 1. The van der Waals surface area contributed by atoms with E-state index in [1.165, 1.54) is 12.4 Å². The van der Waals surface area contributed by atoms with Gasteiger partial charge in [-0.3, -0.25) is 34.2 Å². The van der Waals surface area contributed by atoms with Crippen LogP contribution < -0.4 is 16.4 Å². The number of nitrogens with zero attached hydrogens (tertiary/aromatic N) is 3. The number of carbonyl (C=O) groups excluding carboxylic acids is 5. The Morgan fingerprint density at radius 2 is 1.97 bits per heavy atom. The number of rotatable bonds is 6. The number of benzene rings is 1. The van der Waals surface area contributed by atoms with Crippen LogP contribution in [0, 0.1) is 0 Å². The molecule has 0 radical (unpaired) electrons. The molecular formula is C19H18N6O5. The summed E-state index contributed by atoms with van der Waals surface area (Å²) in [5.74, 6) is -2.67. The van der Waals surface area contributed by atoms with Gasteiger partial charge in [-0.15, -0.1) is 0 Å². The van der Waals surface area contributed by atoms with Gasteiger partial charge >= 0.3 is 0 Å². The molecule has 1 atom stereocenters. The predicted molar refractivity (Wildman–Crippen MR) is 102 cm³/mol. The fraction of sp³-hybridized carbons (Fsp3) is 0.263. The van der Waals surface area contributed by atoms with E-state index in [2.05, 4.69) is 15.6 Å². The molecule has 0 aliphatic carbocycles. The van der Waals surface area contributed by atoms with E-state index in [-0.39, 0.29) is 30.5 Å². The lowest BCUT2D eigenvalue weighted by molar-refractivity contribution is -0.136. The van der Waals surface area contributed by atoms with E-state index in [1.807, 2.05) is 0 Å². The lowest BCUT2D eigenvalue weighted by Gasteiger charge is -2.27. The van der Waals surface area contributed by atoms with Gasteiger partial charge in [0, 0.05) is 18.3 Å². The first-order valence-corrected chi connectivity index (χ1v) is 9.22. The third-order valence-corrected chi connectivity index (χ3v) is 4.94. The van der Waals surface area contributed by atoms with Crippen molar-refractivity contribution in [2.24, 2.45) is 5.73 Å². The molecule has 0 spiro atoms. The summed E-state index contributed by atoms with van der Waals surface area (Å²) in [5.41, 5.74) is 6.79. The van der Waals surface area contributed by atoms with E-state index in [4.69, 9.17) is 5.73 Å². The average Bonchev–Trinajstić information content (AvgIpc) is 3.23. The zero-order valence-corrected chi connectivity index (χ0v) is 15.8. The Labute approximate surface area is 170 Å². The number of hydrogen-bond donors (Lipinski definition) is 3. The van der Waals surface area contributed by atoms with Gasteiger partial charge in [-0.2, -0.15) is 0 Å². The Bertz CT molecular complexity index is 1090. The van der Waals surface area contributed by atoms with Crippen LogP contribution in [0.1, 0.15) is 39.3 Å². The summed E-state index contributed by atoms with van der Waals surface area (Å²) >= 11 is 0. The van der Waals surface area contributed by atoms with Crippen LogP contribution in [0.15, 0.2) is 30.7 Å². The van der Waals surface area contributed by atoms with E-state index >= 15 is 0 Å². The van der Waals surface area contributed by atoms with Crippen molar-refractivity contribution in [2.45, 2.75) is 32.0 Å². The Hall–Kier alpha value is -4.02. The molecule has 4 N–H and O–H groups in total. The van der Waals surface area contributed by atoms with Crippen molar-refractivity contribution in [3.63, 3.8) is 0 Å². The third kappa shape index (κ3) is 3.52. The number of imide groups is 2. The number of fused-ring (bicyclic) bond motifs is 1. The Morgan fingerprint density at radius 3 is 2.70 bits per heavy atom. The standard InChI is InChI=1S/C19H18N6O5/c20-15(26)8-24-7-11(22-9-24)6-21-10-1-2-12-13(5-10)19(30)25(18(12)29)14-3-4-16(27)23-17(14)28/h1-2,5,7,9,14,21H,3-4,6,8H2,(H2,20,26)(H,23,27,28). The molecule has 0 bridgehead atoms. The number of nitrogens with one attached hydrogen (secondary N) is 2. The normalized spacial score (nSPS) is 18.4. The van der Waals surface area contributed by atoms with Crippen molar-refractivity contribution >= 4 is 35.2 Å². The molecule has 4 rings (SSSR count). The molecule has 3 heterocycles. The highest BCUT2D eigenvalue weighted by molar-refractivity contribution is 6.23. The zero-order valence-electron chi connectivity index (χ0n) is 15.8. The first kappa shape index (κ1) is 19.3. The molecule has 1 aromatic carbocycles. The summed E-state index contributed by atoms with van der Waals surface area (Å²) in [6.45, 7) is 0.349. The molecule has 2 aromatic rings. The predicted octanol–water partition coefficient (Wildman–Crippen LogP) is -0.618. The molecule has 1 aromatic heterocycles. The number of hydrogen-bond acceptors (Lipinski definition) is 7. The molecule has 5 amide bonds. The molecule has 154 valence electrons. The Kier molecular flexibility index (Phi) is 4.78. The fourth-order valence-corrected chi connectivity index (χ4v) is 3.54. The van der Waals surface area contributed by atoms with Gasteiger partial charge in [-0.25, -0.2) is 4.98 Å². The largest absolute Gasteiger partial charge is 0.379 e. The van der Waals surface area contributed by atoms with E-state index in [1.54, 1.807) is 22.9 Å². The molecule has 1 saturated heterocycles. The Morgan fingerprint density at radius 1 is 1.20 bits per heavy atom. The summed E-state index contributed by atoms with van der Waals surface area (Å²) < 4.78 is 1.56. The second-order valence-electron chi connectivity index (χ2n) is 7.06. The number of imidazole rings is 1. The highest BCUT2D eigenvalue weighted by Gasteiger charge is 2.44. The number of carbonyl (C=O) groups is 5. The minimum atomic E-state index is -0.999. The van der Waals surface area contributed by atoms with Crippen LogP contribution in [-0.4, -0.2) is 50.0 Å². The van der Waals surface area contributed by atoms with Gasteiger partial charge in [-0.05, 0) is 24.6 Å². The maximum atomic E-state index is 12.8. The highest BCUT2D eigenvalue weighted by Crippen LogP contribution is 2.29. The van der Waals surface area contributed by atoms with Crippen molar-refractivity contribution < 1.29 is 24.0 Å². The first-order valence-electron chi connectivity index (χ1n) is 9.22. The van der Waals surface area contributed by atoms with Crippen LogP contribution in [0.3, 0.4) is 0 Å². The van der Waals surface area contributed by atoms with Gasteiger partial charge in [0.15, 0.2) is 0 Å². The second-order valence-corrected chi connectivity index (χ2v) is 7.06.